The fraction of sp³-hybridized carbons (Fsp3) is 0.150. The van der Waals surface area contributed by atoms with Gasteiger partial charge in [0.1, 0.15) is 23.0 Å². The number of benzene rings is 2. The molecule has 5 rings (SSSR count). The van der Waals surface area contributed by atoms with Crippen LogP contribution in [-0.4, -0.2) is 10.7 Å². The van der Waals surface area contributed by atoms with Gasteiger partial charge >= 0.3 is 0 Å². The van der Waals surface area contributed by atoms with E-state index in [0.29, 0.717) is 12.0 Å². The van der Waals surface area contributed by atoms with Gasteiger partial charge in [-0.25, -0.2) is 9.40 Å². The van der Waals surface area contributed by atoms with E-state index in [1.807, 2.05) is 47.5 Å². The number of ether oxygens (including phenoxy) is 1. The highest BCUT2D eigenvalue weighted by Crippen LogP contribution is 2.47. The van der Waals surface area contributed by atoms with Gasteiger partial charge in [-0.05, 0) is 24.3 Å². The molecule has 124 valence electrons. The molecule has 0 saturated carbocycles. The highest BCUT2D eigenvalue weighted by Gasteiger charge is 2.42. The molecule has 2 aliphatic heterocycles. The summed E-state index contributed by atoms with van der Waals surface area (Å²) in [6.45, 7) is 0. The van der Waals surface area contributed by atoms with E-state index in [9.17, 15) is 4.39 Å². The lowest BCUT2D eigenvalue weighted by Gasteiger charge is -2.38. The minimum absolute atomic E-state index is 0.00495. The summed E-state index contributed by atoms with van der Waals surface area (Å²) in [4.78, 5) is 0. The molecular weight excluding hydrogens is 319 g/mol. The van der Waals surface area contributed by atoms with Crippen LogP contribution < -0.4 is 4.74 Å². The van der Waals surface area contributed by atoms with E-state index in [1.54, 1.807) is 18.4 Å². The van der Waals surface area contributed by atoms with Crippen LogP contribution in [0.25, 0.3) is 0 Å². The molecule has 1 aromatic heterocycles. The summed E-state index contributed by atoms with van der Waals surface area (Å²) in [7, 11) is 0. The first kappa shape index (κ1) is 14.3. The van der Waals surface area contributed by atoms with Crippen LogP contribution in [0.3, 0.4) is 0 Å². The van der Waals surface area contributed by atoms with Gasteiger partial charge < -0.3 is 9.15 Å². The van der Waals surface area contributed by atoms with Gasteiger partial charge in [0.25, 0.3) is 0 Å². The molecule has 0 aliphatic carbocycles. The molecule has 2 atom stereocenters. The van der Waals surface area contributed by atoms with Gasteiger partial charge in [0.15, 0.2) is 0 Å². The third-order valence-electron chi connectivity index (χ3n) is 4.68. The van der Waals surface area contributed by atoms with Gasteiger partial charge in [0.05, 0.1) is 17.9 Å². The normalized spacial score (nSPS) is 21.3. The molecule has 3 heterocycles. The number of rotatable bonds is 2. The highest BCUT2D eigenvalue weighted by molar-refractivity contribution is 5.99. The second kappa shape index (κ2) is 5.48. The molecule has 0 N–H and O–H groups in total. The molecule has 0 bridgehead atoms. The van der Waals surface area contributed by atoms with Crippen molar-refractivity contribution in [2.75, 3.05) is 0 Å². The Morgan fingerprint density at radius 2 is 1.76 bits per heavy atom. The molecule has 0 spiro atoms. The van der Waals surface area contributed by atoms with Gasteiger partial charge in [-0.1, -0.05) is 36.4 Å². The summed E-state index contributed by atoms with van der Waals surface area (Å²) in [5.41, 5.74) is 2.38. The lowest BCUT2D eigenvalue weighted by atomic mass is 9.97. The molecule has 0 amide bonds. The lowest BCUT2D eigenvalue weighted by Crippen LogP contribution is -2.34. The summed E-state index contributed by atoms with van der Waals surface area (Å²) in [5, 5.41) is 6.56. The summed E-state index contributed by atoms with van der Waals surface area (Å²) in [6.07, 6.45) is 1.72. The van der Waals surface area contributed by atoms with Gasteiger partial charge in [-0.3, -0.25) is 0 Å². The quantitative estimate of drug-likeness (QED) is 0.684. The second-order valence-electron chi connectivity index (χ2n) is 6.15. The number of halogens is 1. The molecule has 0 fully saturated rings. The maximum absolute atomic E-state index is 14.4. The molecule has 0 saturated heterocycles. The molecule has 2 aromatic carbocycles. The smallest absolute Gasteiger partial charge is 0.216 e. The van der Waals surface area contributed by atoms with Crippen LogP contribution in [0.4, 0.5) is 4.39 Å². The first-order valence-electron chi connectivity index (χ1n) is 8.21. The Balaban J connectivity index is 1.63. The van der Waals surface area contributed by atoms with Crippen molar-refractivity contribution in [3.63, 3.8) is 0 Å². The van der Waals surface area contributed by atoms with E-state index in [-0.39, 0.29) is 11.9 Å². The fourth-order valence-electron chi connectivity index (χ4n) is 3.51. The van der Waals surface area contributed by atoms with E-state index < -0.39 is 6.23 Å². The number of nitrogens with zero attached hydrogens (tertiary/aromatic N) is 2. The van der Waals surface area contributed by atoms with Crippen molar-refractivity contribution in [2.45, 2.75) is 18.7 Å². The number of fused-ring (bicyclic) bond motifs is 3. The second-order valence-corrected chi connectivity index (χ2v) is 6.15. The third-order valence-corrected chi connectivity index (χ3v) is 4.68. The van der Waals surface area contributed by atoms with E-state index in [1.165, 1.54) is 6.07 Å². The lowest BCUT2D eigenvalue weighted by molar-refractivity contribution is -0.0212. The summed E-state index contributed by atoms with van der Waals surface area (Å²) >= 11 is 0. The van der Waals surface area contributed by atoms with Crippen molar-refractivity contribution in [1.29, 1.82) is 0 Å². The van der Waals surface area contributed by atoms with Gasteiger partial charge in [0, 0.05) is 12.0 Å². The largest absolute Gasteiger partial charge is 0.464 e. The number of hydrogen-bond donors (Lipinski definition) is 0. The van der Waals surface area contributed by atoms with Crippen LogP contribution in [0.5, 0.6) is 5.75 Å². The third kappa shape index (κ3) is 2.23. The van der Waals surface area contributed by atoms with E-state index in [4.69, 9.17) is 14.3 Å². The van der Waals surface area contributed by atoms with E-state index in [2.05, 4.69) is 0 Å². The van der Waals surface area contributed by atoms with Crippen LogP contribution >= 0.6 is 0 Å². The summed E-state index contributed by atoms with van der Waals surface area (Å²) < 4.78 is 26.0. The summed E-state index contributed by atoms with van der Waals surface area (Å²) in [6, 6.07) is 18.3. The topological polar surface area (TPSA) is 38.0 Å². The van der Waals surface area contributed by atoms with Crippen LogP contribution in [0.2, 0.25) is 0 Å². The summed E-state index contributed by atoms with van der Waals surface area (Å²) in [5.74, 6) is 1.21. The molecular formula is C20H15FN2O2. The Kier molecular flexibility index (Phi) is 3.13. The Morgan fingerprint density at radius 1 is 0.960 bits per heavy atom. The highest BCUT2D eigenvalue weighted by atomic mass is 19.1. The molecule has 0 unspecified atom stereocenters. The van der Waals surface area contributed by atoms with E-state index in [0.717, 1.165) is 22.8 Å². The van der Waals surface area contributed by atoms with Gasteiger partial charge in [0.2, 0.25) is 6.23 Å². The van der Waals surface area contributed by atoms with Crippen molar-refractivity contribution in [3.8, 4) is 5.75 Å². The first-order valence-corrected chi connectivity index (χ1v) is 8.21. The average molecular weight is 334 g/mol. The number of furan rings is 1. The van der Waals surface area contributed by atoms with Crippen LogP contribution in [0.15, 0.2) is 76.4 Å². The number of para-hydroxylation sites is 1. The first-order chi connectivity index (χ1) is 12.3. The molecule has 0 radical (unpaired) electrons. The van der Waals surface area contributed by atoms with Crippen LogP contribution in [0.1, 0.15) is 35.6 Å². The minimum atomic E-state index is -0.603. The van der Waals surface area contributed by atoms with Crippen molar-refractivity contribution in [1.82, 2.24) is 5.01 Å². The Labute approximate surface area is 144 Å². The minimum Gasteiger partial charge on any atom is -0.464 e. The van der Waals surface area contributed by atoms with Crippen molar-refractivity contribution in [2.24, 2.45) is 5.10 Å². The van der Waals surface area contributed by atoms with Crippen molar-refractivity contribution < 1.29 is 13.5 Å². The maximum atomic E-state index is 14.4. The van der Waals surface area contributed by atoms with Gasteiger partial charge in [-0.2, -0.15) is 5.10 Å². The average Bonchev–Trinajstić information content (AvgIpc) is 3.31. The molecule has 2 aliphatic rings. The monoisotopic (exact) mass is 334 g/mol. The predicted octanol–water partition coefficient (Wildman–Crippen LogP) is 4.66. The SMILES string of the molecule is Fc1ccccc1[C@@H]1Oc2ccccc2[C@@H]2CC(c3ccco3)=NN21. The zero-order chi connectivity index (χ0) is 16.8. The van der Waals surface area contributed by atoms with Crippen LogP contribution in [-0.2, 0) is 0 Å². The molecule has 5 heteroatoms. The number of hydrogen-bond acceptors (Lipinski definition) is 4. The Hall–Kier alpha value is -3.08. The molecule has 25 heavy (non-hydrogen) atoms. The molecule has 4 nitrogen and oxygen atoms in total. The fourth-order valence-corrected chi connectivity index (χ4v) is 3.51. The zero-order valence-electron chi connectivity index (χ0n) is 13.3. The Bertz CT molecular complexity index is 952. The van der Waals surface area contributed by atoms with Crippen molar-refractivity contribution >= 4 is 5.71 Å². The Morgan fingerprint density at radius 3 is 2.56 bits per heavy atom. The zero-order valence-corrected chi connectivity index (χ0v) is 13.3. The maximum Gasteiger partial charge on any atom is 0.216 e. The molecule has 3 aromatic rings. The van der Waals surface area contributed by atoms with Gasteiger partial charge in [-0.15, -0.1) is 0 Å². The van der Waals surface area contributed by atoms with Crippen molar-refractivity contribution in [3.05, 3.63) is 89.6 Å². The predicted molar refractivity (Wildman–Crippen MR) is 90.7 cm³/mol. The number of hydrazone groups is 1. The standard InChI is InChI=1S/C20H15FN2O2/c21-15-8-3-1-6-13(15)20-23-17(14-7-2-4-9-18(14)25-20)12-16(22-23)19-10-5-11-24-19/h1-11,17,20H,12H2/t17-,20-/m0/s1. The van der Waals surface area contributed by atoms with E-state index >= 15 is 0 Å². The van der Waals surface area contributed by atoms with Crippen LogP contribution in [0, 0.1) is 5.82 Å².